The van der Waals surface area contributed by atoms with Crippen molar-refractivity contribution in [1.82, 2.24) is 15.4 Å². The van der Waals surface area contributed by atoms with Gasteiger partial charge in [-0.05, 0) is 93.9 Å². The predicted molar refractivity (Wildman–Crippen MR) is 151 cm³/mol. The average molecular weight is 581 g/mol. The number of aromatic nitrogens is 1. The Morgan fingerprint density at radius 2 is 2.05 bits per heavy atom. The van der Waals surface area contributed by atoms with Crippen LogP contribution in [0.1, 0.15) is 43.8 Å². The van der Waals surface area contributed by atoms with Crippen LogP contribution in [0.5, 0.6) is 5.75 Å². The largest absolute Gasteiger partial charge is 0.497 e. The van der Waals surface area contributed by atoms with E-state index in [0.717, 1.165) is 28.6 Å². The molecule has 10 heteroatoms. The molecule has 0 saturated carbocycles. The first-order valence-corrected chi connectivity index (χ1v) is 14.4. The van der Waals surface area contributed by atoms with Gasteiger partial charge in [0, 0.05) is 27.1 Å². The lowest BCUT2D eigenvalue weighted by Gasteiger charge is -2.40. The van der Waals surface area contributed by atoms with Gasteiger partial charge in [0.1, 0.15) is 11.9 Å². The summed E-state index contributed by atoms with van der Waals surface area (Å²) in [6.45, 7) is 2.33. The number of hydrogen-bond donors (Lipinski definition) is 2. The molecule has 1 saturated heterocycles. The molecule has 0 aliphatic carbocycles. The molecule has 6 nitrogen and oxygen atoms in total. The molecule has 3 aromatic rings. The van der Waals surface area contributed by atoms with Gasteiger partial charge in [0.2, 0.25) is 5.91 Å². The van der Waals surface area contributed by atoms with Crippen LogP contribution in [-0.2, 0) is 4.79 Å². The number of ether oxygens (including phenoxy) is 1. The molecule has 1 amide bonds. The second-order valence-electron chi connectivity index (χ2n) is 9.63. The highest BCUT2D eigenvalue weighted by Gasteiger charge is 2.41. The number of pyridine rings is 1. The summed E-state index contributed by atoms with van der Waals surface area (Å²) in [7, 11) is 1.55. The van der Waals surface area contributed by atoms with Gasteiger partial charge in [0.15, 0.2) is 0 Å². The maximum atomic E-state index is 15.7. The highest BCUT2D eigenvalue weighted by atomic mass is 35.5. The van der Waals surface area contributed by atoms with E-state index < -0.39 is 17.5 Å². The number of halogens is 3. The number of amides is 1. The fraction of sp³-hybridized carbons (Fsp3) is 0.429. The molecule has 1 atom stereocenters. The van der Waals surface area contributed by atoms with E-state index in [1.54, 1.807) is 37.1 Å². The van der Waals surface area contributed by atoms with Gasteiger partial charge in [-0.1, -0.05) is 29.3 Å². The molecule has 204 valence electrons. The number of likely N-dealkylation sites (tertiary alicyclic amines) is 1. The fourth-order valence-corrected chi connectivity index (χ4v) is 6.53. The van der Waals surface area contributed by atoms with Crippen LogP contribution in [0.25, 0.3) is 10.9 Å². The van der Waals surface area contributed by atoms with Crippen molar-refractivity contribution in [1.29, 1.82) is 0 Å². The van der Waals surface area contributed by atoms with E-state index >= 15 is 4.39 Å². The third-order valence-electron chi connectivity index (χ3n) is 7.34. The smallest absolute Gasteiger partial charge is 0.249 e. The van der Waals surface area contributed by atoms with Crippen LogP contribution in [0.15, 0.2) is 53.6 Å². The van der Waals surface area contributed by atoms with Crippen molar-refractivity contribution in [3.05, 3.63) is 64.3 Å². The molecular formula is C28H32Cl2FN3O3S. The van der Waals surface area contributed by atoms with Crippen molar-refractivity contribution >= 4 is 51.8 Å². The number of carbonyl (C=O) groups is 1. The molecule has 0 unspecified atom stereocenters. The van der Waals surface area contributed by atoms with Crippen LogP contribution in [0.3, 0.4) is 0 Å². The number of nitrogens with one attached hydrogen (secondary N) is 1. The van der Waals surface area contributed by atoms with Gasteiger partial charge >= 0.3 is 0 Å². The van der Waals surface area contributed by atoms with Gasteiger partial charge in [-0.15, -0.1) is 11.8 Å². The summed E-state index contributed by atoms with van der Waals surface area (Å²) in [5.74, 6) is 1.10. The number of hydroxylamine groups is 1. The zero-order chi connectivity index (χ0) is 27.1. The first kappa shape index (κ1) is 28.9. The van der Waals surface area contributed by atoms with E-state index in [0.29, 0.717) is 54.6 Å². The second-order valence-corrected chi connectivity index (χ2v) is 11.6. The van der Waals surface area contributed by atoms with E-state index in [2.05, 4.69) is 16.0 Å². The molecule has 0 bridgehead atoms. The molecule has 1 aliphatic heterocycles. The number of fused-ring (bicyclic) bond motifs is 1. The number of piperidine rings is 1. The molecule has 1 fully saturated rings. The van der Waals surface area contributed by atoms with E-state index in [9.17, 15) is 10.0 Å². The summed E-state index contributed by atoms with van der Waals surface area (Å²) in [6, 6.07) is 13.1. The van der Waals surface area contributed by atoms with Crippen molar-refractivity contribution in [3.8, 4) is 5.75 Å². The van der Waals surface area contributed by atoms with E-state index in [-0.39, 0.29) is 11.4 Å². The summed E-state index contributed by atoms with van der Waals surface area (Å²) in [4.78, 5) is 20.6. The van der Waals surface area contributed by atoms with Crippen LogP contribution in [0.4, 0.5) is 4.39 Å². The molecule has 0 radical (unpaired) electrons. The molecule has 38 heavy (non-hydrogen) atoms. The van der Waals surface area contributed by atoms with Gasteiger partial charge < -0.3 is 9.64 Å². The van der Waals surface area contributed by atoms with Crippen molar-refractivity contribution < 1.29 is 19.1 Å². The Morgan fingerprint density at radius 3 is 2.76 bits per heavy atom. The molecule has 1 aromatic heterocycles. The molecule has 2 N–H and O–H groups in total. The minimum Gasteiger partial charge on any atom is -0.497 e. The van der Waals surface area contributed by atoms with Gasteiger partial charge in [-0.25, -0.2) is 9.87 Å². The summed E-state index contributed by atoms with van der Waals surface area (Å²) >= 11 is 14.2. The summed E-state index contributed by atoms with van der Waals surface area (Å²) in [6.07, 6.45) is 2.55. The predicted octanol–water partition coefficient (Wildman–Crippen LogP) is 7.11. The molecular weight excluding hydrogens is 548 g/mol. The van der Waals surface area contributed by atoms with E-state index in [4.69, 9.17) is 27.9 Å². The van der Waals surface area contributed by atoms with Crippen LogP contribution in [-0.4, -0.2) is 53.5 Å². The normalized spacial score (nSPS) is 16.3. The number of nitrogens with zero attached hydrogens (tertiary/aromatic N) is 2. The number of carbonyl (C=O) groups excluding carboxylic acids is 1. The Bertz CT molecular complexity index is 1260. The Balaban J connectivity index is 1.35. The average Bonchev–Trinajstić information content (AvgIpc) is 2.94. The molecule has 1 aliphatic rings. The fourth-order valence-electron chi connectivity index (χ4n) is 5.11. The highest BCUT2D eigenvalue weighted by molar-refractivity contribution is 7.99. The number of alkyl halides is 1. The minimum absolute atomic E-state index is 0.0970. The van der Waals surface area contributed by atoms with Gasteiger partial charge in [-0.2, -0.15) is 0 Å². The zero-order valence-electron chi connectivity index (χ0n) is 21.3. The molecule has 2 heterocycles. The zero-order valence-corrected chi connectivity index (χ0v) is 23.6. The number of hydrogen-bond acceptors (Lipinski definition) is 6. The maximum absolute atomic E-state index is 15.7. The summed E-state index contributed by atoms with van der Waals surface area (Å²) in [5, 5.41) is 11.1. The van der Waals surface area contributed by atoms with Crippen LogP contribution in [0.2, 0.25) is 10.0 Å². The lowest BCUT2D eigenvalue weighted by atomic mass is 9.73. The van der Waals surface area contributed by atoms with Gasteiger partial charge in [0.05, 0.1) is 23.1 Å². The number of methoxy groups -OCH3 is 1. The number of benzene rings is 2. The van der Waals surface area contributed by atoms with Crippen molar-refractivity contribution in [3.63, 3.8) is 0 Å². The Labute approximate surface area is 236 Å². The van der Waals surface area contributed by atoms with Gasteiger partial charge in [-0.3, -0.25) is 15.0 Å². The third kappa shape index (κ3) is 6.90. The molecule has 2 aromatic carbocycles. The van der Waals surface area contributed by atoms with Crippen LogP contribution in [0, 0.1) is 5.41 Å². The van der Waals surface area contributed by atoms with E-state index in [1.165, 1.54) is 6.20 Å². The van der Waals surface area contributed by atoms with Crippen molar-refractivity contribution in [2.75, 3.05) is 32.5 Å². The first-order chi connectivity index (χ1) is 18.3. The molecule has 4 rings (SSSR count). The van der Waals surface area contributed by atoms with Gasteiger partial charge in [0.25, 0.3) is 0 Å². The third-order valence-corrected chi connectivity index (χ3v) is 8.95. The van der Waals surface area contributed by atoms with Crippen molar-refractivity contribution in [2.24, 2.45) is 5.41 Å². The second kappa shape index (κ2) is 13.3. The monoisotopic (exact) mass is 579 g/mol. The number of thioether (sulfide) groups is 1. The van der Waals surface area contributed by atoms with Crippen LogP contribution < -0.4 is 10.2 Å². The minimum atomic E-state index is -1.40. The summed E-state index contributed by atoms with van der Waals surface area (Å²) < 4.78 is 21.0. The number of rotatable bonds is 11. The van der Waals surface area contributed by atoms with Crippen LogP contribution >= 0.6 is 35.0 Å². The standard InChI is InChI=1S/C28H32Cl2FN3O3S/c1-37-20-6-7-25-22(17-20)26(23(30)18-32-25)24(31)8-9-28(27(35)33-36)10-13-34(14-11-28)12-3-15-38-21-5-2-4-19(29)16-21/h2,4-7,16-18,24,36H,3,8-15H2,1H3,(H,33,35)/t24-/m1/s1. The first-order valence-electron chi connectivity index (χ1n) is 12.7. The molecule has 0 spiro atoms. The lowest BCUT2D eigenvalue weighted by Crippen LogP contribution is -2.48. The summed E-state index contributed by atoms with van der Waals surface area (Å²) in [5.41, 5.74) is 1.98. The quantitative estimate of drug-likeness (QED) is 0.109. The highest BCUT2D eigenvalue weighted by Crippen LogP contribution is 2.42. The Kier molecular flexibility index (Phi) is 10.1. The topological polar surface area (TPSA) is 74.7 Å². The Hall–Kier alpha value is -2.10. The SMILES string of the molecule is COc1ccc2ncc(Cl)c([C@H](F)CCC3(C(=O)NO)CCN(CCCSc4cccc(Cl)c4)CC3)c2c1. The maximum Gasteiger partial charge on any atom is 0.249 e. The van der Waals surface area contributed by atoms with Crippen molar-refractivity contribution in [2.45, 2.75) is 43.2 Å². The lowest BCUT2D eigenvalue weighted by molar-refractivity contribution is -0.143. The van der Waals surface area contributed by atoms with E-state index in [1.807, 2.05) is 23.7 Å². The Morgan fingerprint density at radius 1 is 1.26 bits per heavy atom.